The van der Waals surface area contributed by atoms with Crippen molar-refractivity contribution in [2.24, 2.45) is 46.3 Å². The summed E-state index contributed by atoms with van der Waals surface area (Å²) in [6.07, 6.45) is 21.3. The fraction of sp³-hybridized carbons (Fsp3) is 0.583. The number of imide groups is 1. The second-order valence-electron chi connectivity index (χ2n) is 19.4. The van der Waals surface area contributed by atoms with Gasteiger partial charge in [0.25, 0.3) is 11.8 Å². The van der Waals surface area contributed by atoms with E-state index in [0.29, 0.717) is 37.3 Å². The first-order valence-electron chi connectivity index (χ1n) is 22.8. The number of allylic oxidation sites excluding steroid dienone is 6. The molecular formula is C48H56N4O7S2. The maximum atomic E-state index is 15.1. The van der Waals surface area contributed by atoms with Crippen LogP contribution < -0.4 is 16.0 Å². The van der Waals surface area contributed by atoms with Gasteiger partial charge in [-0.15, -0.1) is 0 Å². The molecule has 13 aliphatic rings. The van der Waals surface area contributed by atoms with E-state index in [9.17, 15) is 19.5 Å². The van der Waals surface area contributed by atoms with Crippen molar-refractivity contribution < 1.29 is 33.8 Å². The quantitative estimate of drug-likeness (QED) is 0.122. The lowest BCUT2D eigenvalue weighted by molar-refractivity contribution is -0.138. The van der Waals surface area contributed by atoms with Crippen molar-refractivity contribution in [2.45, 2.75) is 108 Å². The Kier molecular flexibility index (Phi) is 9.78. The van der Waals surface area contributed by atoms with Crippen LogP contribution >= 0.6 is 21.6 Å². The van der Waals surface area contributed by atoms with Gasteiger partial charge in [-0.1, -0.05) is 66.5 Å². The lowest BCUT2D eigenvalue weighted by Crippen LogP contribution is -2.55. The third-order valence-electron chi connectivity index (χ3n) is 16.4. The number of esters is 2. The Morgan fingerprint density at radius 1 is 1.00 bits per heavy atom. The van der Waals surface area contributed by atoms with Crippen molar-refractivity contribution in [3.05, 3.63) is 92.8 Å². The minimum atomic E-state index is -0.909. The van der Waals surface area contributed by atoms with Gasteiger partial charge in [0.05, 0.1) is 22.5 Å². The molecule has 9 bridgehead atoms. The van der Waals surface area contributed by atoms with Gasteiger partial charge in [-0.2, -0.15) is 0 Å². The lowest BCUT2D eigenvalue weighted by atomic mass is 9.42. The molecule has 10 atom stereocenters. The SMILES string of the molecule is CCC1(C2=C3OC(=O)C4=C3C(CC2)CC2C3CCC5(C6=CCC(C)C(NCC(C)O)SSC7C=CC8=C(NCC=C8C(CN8C(=O)C=CC8=O)C3=C5C(=O)O6)N7)C42)CCCC1. The minimum Gasteiger partial charge on any atom is -0.427 e. The van der Waals surface area contributed by atoms with Gasteiger partial charge >= 0.3 is 11.9 Å². The molecule has 11 nitrogen and oxygen atoms in total. The van der Waals surface area contributed by atoms with E-state index in [1.165, 1.54) is 35.5 Å². The van der Waals surface area contributed by atoms with Crippen LogP contribution in [0.4, 0.5) is 0 Å². The zero-order valence-electron chi connectivity index (χ0n) is 35.2. The van der Waals surface area contributed by atoms with Crippen molar-refractivity contribution in [3.8, 4) is 0 Å². The zero-order chi connectivity index (χ0) is 41.9. The summed E-state index contributed by atoms with van der Waals surface area (Å²) in [5.74, 6) is 0.493. The third-order valence-corrected chi connectivity index (χ3v) is 19.4. The Hall–Kier alpha value is -3.78. The molecular weight excluding hydrogens is 809 g/mol. The number of hydrogen-bond donors (Lipinski definition) is 4. The number of ether oxygens (including phenoxy) is 2. The summed E-state index contributed by atoms with van der Waals surface area (Å²) in [5.41, 5.74) is 5.93. The average molecular weight is 865 g/mol. The normalized spacial score (nSPS) is 37.5. The number of carbonyl (C=O) groups excluding carboxylic acids is 4. The van der Waals surface area contributed by atoms with Gasteiger partial charge in [-0.3, -0.25) is 14.5 Å². The van der Waals surface area contributed by atoms with Crippen LogP contribution in [0.1, 0.15) is 91.4 Å². The maximum Gasteiger partial charge on any atom is 0.340 e. The monoisotopic (exact) mass is 864 g/mol. The number of carbonyl (C=O) groups is 4. The number of rotatable bonds is 7. The van der Waals surface area contributed by atoms with E-state index in [4.69, 9.17) is 9.47 Å². The Morgan fingerprint density at radius 3 is 2.57 bits per heavy atom. The number of nitrogens with one attached hydrogen (secondary N) is 3. The molecule has 0 aromatic carbocycles. The molecule has 322 valence electrons. The first-order valence-corrected chi connectivity index (χ1v) is 25.1. The van der Waals surface area contributed by atoms with Crippen LogP contribution in [0.3, 0.4) is 0 Å². The molecule has 10 unspecified atom stereocenters. The number of dihydropyridines is 2. The summed E-state index contributed by atoms with van der Waals surface area (Å²) in [7, 11) is 3.44. The molecule has 7 heterocycles. The maximum absolute atomic E-state index is 15.1. The van der Waals surface area contributed by atoms with Crippen LogP contribution in [0, 0.1) is 46.3 Å². The van der Waals surface area contributed by atoms with E-state index in [1.807, 2.05) is 0 Å². The average Bonchev–Trinajstić information content (AvgIpc) is 4.03. The van der Waals surface area contributed by atoms with E-state index in [2.05, 4.69) is 54.1 Å². The Morgan fingerprint density at radius 2 is 1.80 bits per heavy atom. The van der Waals surface area contributed by atoms with Gasteiger partial charge in [0.1, 0.15) is 22.7 Å². The molecule has 6 aliphatic carbocycles. The molecule has 13 rings (SSSR count). The number of fused-ring (bicyclic) bond motifs is 6. The number of hydrogen-bond acceptors (Lipinski definition) is 12. The number of aliphatic hydroxyl groups excluding tert-OH is 1. The second-order valence-corrected chi connectivity index (χ2v) is 21.9. The van der Waals surface area contributed by atoms with Crippen molar-refractivity contribution in [2.75, 3.05) is 19.6 Å². The summed E-state index contributed by atoms with van der Waals surface area (Å²) in [4.78, 5) is 58.1. The standard InChI is InChI=1S/C48H56N4O7S2/c1-4-47(17-5-6-18-47)32-10-8-26-21-30-28-15-19-48(40(30)39-37(26)42(32)59-45(39)56)33-11-7-24(2)44(50-22-25(3)53)61-60-34-12-9-29-27(16-20-49-43(29)51-34)31(38(28)41(48)46(57)58-33)23-52-35(54)13-14-36(52)55/h9,11-14,16,24-26,28,30-31,34,40,44,49-51,53H,4-8,10,15,17-23H2,1-3H3. The molecule has 61 heavy (non-hydrogen) atoms. The summed E-state index contributed by atoms with van der Waals surface area (Å²) in [6.45, 7) is 7.35. The van der Waals surface area contributed by atoms with Gasteiger partial charge in [-0.25, -0.2) is 9.59 Å². The highest BCUT2D eigenvalue weighted by atomic mass is 33.1. The third kappa shape index (κ3) is 5.98. The summed E-state index contributed by atoms with van der Waals surface area (Å²) in [5, 5.41) is 21.1. The smallest absolute Gasteiger partial charge is 0.340 e. The van der Waals surface area contributed by atoms with Crippen LogP contribution in [0.25, 0.3) is 0 Å². The molecule has 13 heteroatoms. The van der Waals surface area contributed by atoms with Crippen LogP contribution in [0.2, 0.25) is 0 Å². The molecule has 2 saturated carbocycles. The molecule has 7 aliphatic heterocycles. The van der Waals surface area contributed by atoms with Crippen LogP contribution in [0.5, 0.6) is 0 Å². The summed E-state index contributed by atoms with van der Waals surface area (Å²) < 4.78 is 13.2. The lowest BCUT2D eigenvalue weighted by Gasteiger charge is -2.58. The largest absolute Gasteiger partial charge is 0.427 e. The molecule has 0 aromatic heterocycles. The first-order chi connectivity index (χ1) is 29.5. The summed E-state index contributed by atoms with van der Waals surface area (Å²) >= 11 is 0. The van der Waals surface area contributed by atoms with Gasteiger partial charge in [0.15, 0.2) is 0 Å². The fourth-order valence-electron chi connectivity index (χ4n) is 13.7. The highest BCUT2D eigenvalue weighted by molar-refractivity contribution is 8.77. The summed E-state index contributed by atoms with van der Waals surface area (Å²) in [6, 6.07) is 0. The second kappa shape index (κ2) is 14.9. The van der Waals surface area contributed by atoms with E-state index in [1.54, 1.807) is 28.5 Å². The van der Waals surface area contributed by atoms with Gasteiger partial charge < -0.3 is 30.5 Å². The number of nitrogens with zero attached hydrogens (tertiary/aromatic N) is 1. The van der Waals surface area contributed by atoms with E-state index >= 15 is 4.79 Å². The topological polar surface area (TPSA) is 146 Å². The van der Waals surface area contributed by atoms with E-state index in [-0.39, 0.29) is 76.0 Å². The Balaban J connectivity index is 1.13. The Labute approximate surface area is 365 Å². The first kappa shape index (κ1) is 40.0. The van der Waals surface area contributed by atoms with E-state index in [0.717, 1.165) is 84.4 Å². The van der Waals surface area contributed by atoms with Crippen molar-refractivity contribution in [3.63, 3.8) is 0 Å². The minimum absolute atomic E-state index is 0.0312. The van der Waals surface area contributed by atoms with Gasteiger partial charge in [-0.05, 0) is 117 Å². The highest BCUT2D eigenvalue weighted by Crippen LogP contribution is 2.73. The molecule has 0 radical (unpaired) electrons. The van der Waals surface area contributed by atoms with Crippen LogP contribution in [0.15, 0.2) is 92.8 Å². The zero-order valence-corrected chi connectivity index (χ0v) is 36.9. The molecule has 1 saturated heterocycles. The molecule has 1 spiro atoms. The predicted octanol–water partition coefficient (Wildman–Crippen LogP) is 6.74. The molecule has 2 amide bonds. The van der Waals surface area contributed by atoms with Crippen molar-refractivity contribution >= 4 is 45.3 Å². The van der Waals surface area contributed by atoms with Crippen molar-refractivity contribution in [1.82, 2.24) is 20.9 Å². The number of aliphatic hydroxyl groups is 1. The molecule has 4 N–H and O–H groups in total. The van der Waals surface area contributed by atoms with Gasteiger partial charge in [0.2, 0.25) is 0 Å². The van der Waals surface area contributed by atoms with E-state index < -0.39 is 17.4 Å². The fourth-order valence-corrected chi connectivity index (χ4v) is 16.6. The molecule has 0 aromatic rings. The van der Waals surface area contributed by atoms with Crippen LogP contribution in [-0.4, -0.2) is 70.2 Å². The van der Waals surface area contributed by atoms with Gasteiger partial charge in [0, 0.05) is 60.3 Å². The van der Waals surface area contributed by atoms with Crippen LogP contribution in [-0.2, 0) is 28.7 Å². The Bertz CT molecular complexity index is 2260. The number of amides is 2. The highest BCUT2D eigenvalue weighted by Gasteiger charge is 2.70. The van der Waals surface area contributed by atoms with Crippen molar-refractivity contribution in [1.29, 1.82) is 0 Å². The molecule has 3 fully saturated rings. The predicted molar refractivity (Wildman–Crippen MR) is 233 cm³/mol.